The van der Waals surface area contributed by atoms with Crippen LogP contribution in [0.25, 0.3) is 11.0 Å². The van der Waals surface area contributed by atoms with Crippen LogP contribution in [0.3, 0.4) is 0 Å². The van der Waals surface area contributed by atoms with Crippen LogP contribution in [0.4, 0.5) is 0 Å². The molecule has 3 aromatic rings. The van der Waals surface area contributed by atoms with Gasteiger partial charge in [0.25, 0.3) is 0 Å². The van der Waals surface area contributed by atoms with Gasteiger partial charge in [0, 0.05) is 12.6 Å². The molecule has 0 spiro atoms. The van der Waals surface area contributed by atoms with Crippen LogP contribution in [0.5, 0.6) is 0 Å². The molecule has 1 unspecified atom stereocenters. The molecule has 1 aromatic heterocycles. The SMILES string of the molecule is Cc1cc2ncn(CCCNC(C)CCc3ccccc3)c2cc1C. The summed E-state index contributed by atoms with van der Waals surface area (Å²) in [6.45, 7) is 8.65. The van der Waals surface area contributed by atoms with E-state index in [1.165, 1.54) is 28.6 Å². The Morgan fingerprint density at radius 1 is 1.08 bits per heavy atom. The van der Waals surface area contributed by atoms with E-state index in [4.69, 9.17) is 0 Å². The molecule has 0 amide bonds. The molecule has 0 aliphatic carbocycles. The second kappa shape index (κ2) is 8.30. The van der Waals surface area contributed by atoms with Crippen LogP contribution >= 0.6 is 0 Å². The van der Waals surface area contributed by atoms with Crippen LogP contribution in [-0.2, 0) is 13.0 Å². The third-order valence-electron chi connectivity index (χ3n) is 5.01. The Morgan fingerprint density at radius 2 is 1.84 bits per heavy atom. The summed E-state index contributed by atoms with van der Waals surface area (Å²) in [5.74, 6) is 0. The lowest BCUT2D eigenvalue weighted by Crippen LogP contribution is -2.28. The van der Waals surface area contributed by atoms with Gasteiger partial charge in [0.05, 0.1) is 17.4 Å². The van der Waals surface area contributed by atoms with Crippen molar-refractivity contribution in [2.45, 2.75) is 52.6 Å². The standard InChI is InChI=1S/C22H29N3/c1-17-14-21-22(15-18(17)2)25(16-24-21)13-7-12-23-19(3)10-11-20-8-5-4-6-9-20/h4-6,8-9,14-16,19,23H,7,10-13H2,1-3H3. The average molecular weight is 335 g/mol. The Morgan fingerprint density at radius 3 is 2.64 bits per heavy atom. The highest BCUT2D eigenvalue weighted by atomic mass is 15.0. The van der Waals surface area contributed by atoms with Crippen molar-refractivity contribution in [2.75, 3.05) is 6.54 Å². The van der Waals surface area contributed by atoms with Crippen LogP contribution < -0.4 is 5.32 Å². The first-order valence-electron chi connectivity index (χ1n) is 9.33. The highest BCUT2D eigenvalue weighted by Gasteiger charge is 2.06. The van der Waals surface area contributed by atoms with Crippen LogP contribution in [0, 0.1) is 13.8 Å². The highest BCUT2D eigenvalue weighted by molar-refractivity contribution is 5.77. The Hall–Kier alpha value is -2.13. The average Bonchev–Trinajstić information content (AvgIpc) is 3.00. The largest absolute Gasteiger partial charge is 0.331 e. The Balaban J connectivity index is 1.43. The maximum atomic E-state index is 4.54. The van der Waals surface area contributed by atoms with Gasteiger partial charge in [-0.15, -0.1) is 0 Å². The number of benzene rings is 2. The van der Waals surface area contributed by atoms with E-state index in [0.717, 1.165) is 31.4 Å². The molecule has 3 rings (SSSR count). The minimum atomic E-state index is 0.546. The van der Waals surface area contributed by atoms with Gasteiger partial charge in [-0.3, -0.25) is 0 Å². The summed E-state index contributed by atoms with van der Waals surface area (Å²) in [4.78, 5) is 4.54. The zero-order chi connectivity index (χ0) is 17.6. The normalized spacial score (nSPS) is 12.6. The van der Waals surface area contributed by atoms with Gasteiger partial charge in [-0.1, -0.05) is 30.3 Å². The van der Waals surface area contributed by atoms with Crippen molar-refractivity contribution in [3.05, 3.63) is 65.5 Å². The number of imidazole rings is 1. The molecule has 0 saturated carbocycles. The maximum absolute atomic E-state index is 4.54. The van der Waals surface area contributed by atoms with E-state index in [2.05, 4.69) is 78.1 Å². The Labute approximate surface area is 151 Å². The van der Waals surface area contributed by atoms with Gasteiger partial charge in [-0.25, -0.2) is 4.98 Å². The highest BCUT2D eigenvalue weighted by Crippen LogP contribution is 2.18. The summed E-state index contributed by atoms with van der Waals surface area (Å²) in [6.07, 6.45) is 5.41. The van der Waals surface area contributed by atoms with E-state index < -0.39 is 0 Å². The molecule has 0 saturated heterocycles. The second-order valence-corrected chi connectivity index (χ2v) is 7.10. The van der Waals surface area contributed by atoms with E-state index in [0.29, 0.717) is 6.04 Å². The molecule has 0 radical (unpaired) electrons. The number of aryl methyl sites for hydroxylation is 4. The van der Waals surface area contributed by atoms with Crippen molar-refractivity contribution in [3.8, 4) is 0 Å². The number of nitrogens with zero attached hydrogens (tertiary/aromatic N) is 2. The minimum absolute atomic E-state index is 0.546. The van der Waals surface area contributed by atoms with Crippen molar-refractivity contribution in [2.24, 2.45) is 0 Å². The molecule has 3 heteroatoms. The van der Waals surface area contributed by atoms with Crippen LogP contribution in [0.1, 0.15) is 36.5 Å². The predicted molar refractivity (Wildman–Crippen MR) is 106 cm³/mol. The monoisotopic (exact) mass is 335 g/mol. The van der Waals surface area contributed by atoms with Gasteiger partial charge in [0.2, 0.25) is 0 Å². The van der Waals surface area contributed by atoms with Crippen molar-refractivity contribution >= 4 is 11.0 Å². The van der Waals surface area contributed by atoms with E-state index in [-0.39, 0.29) is 0 Å². The summed E-state index contributed by atoms with van der Waals surface area (Å²) < 4.78 is 2.28. The van der Waals surface area contributed by atoms with Crippen LogP contribution in [0.2, 0.25) is 0 Å². The number of aromatic nitrogens is 2. The molecular weight excluding hydrogens is 306 g/mol. The Kier molecular flexibility index (Phi) is 5.87. The fraction of sp³-hybridized carbons (Fsp3) is 0.409. The lowest BCUT2D eigenvalue weighted by Gasteiger charge is -2.14. The van der Waals surface area contributed by atoms with E-state index in [9.17, 15) is 0 Å². The molecule has 0 aliphatic rings. The third kappa shape index (κ3) is 4.70. The molecule has 1 heterocycles. The number of fused-ring (bicyclic) bond motifs is 1. The van der Waals surface area contributed by atoms with Gasteiger partial charge >= 0.3 is 0 Å². The minimum Gasteiger partial charge on any atom is -0.331 e. The molecule has 0 fully saturated rings. The van der Waals surface area contributed by atoms with Crippen molar-refractivity contribution in [3.63, 3.8) is 0 Å². The predicted octanol–water partition coefficient (Wildman–Crippen LogP) is 4.65. The van der Waals surface area contributed by atoms with Gasteiger partial charge in [-0.05, 0) is 75.4 Å². The lowest BCUT2D eigenvalue weighted by atomic mass is 10.1. The van der Waals surface area contributed by atoms with E-state index >= 15 is 0 Å². The lowest BCUT2D eigenvalue weighted by molar-refractivity contribution is 0.491. The molecule has 132 valence electrons. The maximum Gasteiger partial charge on any atom is 0.0958 e. The Bertz CT molecular complexity index is 805. The molecular formula is C22H29N3. The number of hydrogen-bond acceptors (Lipinski definition) is 2. The summed E-state index contributed by atoms with van der Waals surface area (Å²) in [5, 5.41) is 3.65. The first-order valence-corrected chi connectivity index (χ1v) is 9.33. The van der Waals surface area contributed by atoms with Crippen molar-refractivity contribution in [1.82, 2.24) is 14.9 Å². The van der Waals surface area contributed by atoms with E-state index in [1.54, 1.807) is 0 Å². The molecule has 1 atom stereocenters. The summed E-state index contributed by atoms with van der Waals surface area (Å²) in [5.41, 5.74) is 6.42. The molecule has 0 bridgehead atoms. The fourth-order valence-corrected chi connectivity index (χ4v) is 3.22. The molecule has 0 aliphatic heterocycles. The quantitative estimate of drug-likeness (QED) is 0.607. The first-order chi connectivity index (χ1) is 12.1. The zero-order valence-corrected chi connectivity index (χ0v) is 15.6. The van der Waals surface area contributed by atoms with Gasteiger partial charge in [0.15, 0.2) is 0 Å². The topological polar surface area (TPSA) is 29.9 Å². The molecule has 1 N–H and O–H groups in total. The van der Waals surface area contributed by atoms with Gasteiger partial charge < -0.3 is 9.88 Å². The van der Waals surface area contributed by atoms with E-state index in [1.807, 2.05) is 6.33 Å². The fourth-order valence-electron chi connectivity index (χ4n) is 3.22. The van der Waals surface area contributed by atoms with Crippen LogP contribution in [0.15, 0.2) is 48.8 Å². The summed E-state index contributed by atoms with van der Waals surface area (Å²) in [6, 6.07) is 15.7. The molecule has 2 aromatic carbocycles. The van der Waals surface area contributed by atoms with Gasteiger partial charge in [0.1, 0.15) is 0 Å². The zero-order valence-electron chi connectivity index (χ0n) is 15.6. The number of nitrogens with one attached hydrogen (secondary N) is 1. The molecule has 3 nitrogen and oxygen atoms in total. The first kappa shape index (κ1) is 17.7. The van der Waals surface area contributed by atoms with Crippen molar-refractivity contribution < 1.29 is 0 Å². The second-order valence-electron chi connectivity index (χ2n) is 7.10. The third-order valence-corrected chi connectivity index (χ3v) is 5.01. The summed E-state index contributed by atoms with van der Waals surface area (Å²) in [7, 11) is 0. The van der Waals surface area contributed by atoms with Gasteiger partial charge in [-0.2, -0.15) is 0 Å². The van der Waals surface area contributed by atoms with Crippen LogP contribution in [-0.4, -0.2) is 22.1 Å². The number of rotatable bonds is 8. The van der Waals surface area contributed by atoms with Crippen molar-refractivity contribution in [1.29, 1.82) is 0 Å². The number of hydrogen-bond donors (Lipinski definition) is 1. The summed E-state index contributed by atoms with van der Waals surface area (Å²) >= 11 is 0. The smallest absolute Gasteiger partial charge is 0.0958 e. The molecule has 25 heavy (non-hydrogen) atoms.